The van der Waals surface area contributed by atoms with Gasteiger partial charge in [0.15, 0.2) is 5.65 Å². The highest BCUT2D eigenvalue weighted by molar-refractivity contribution is 7.90. The molecule has 1 saturated heterocycles. The maximum Gasteiger partial charge on any atom is 0.282 e. The molecule has 32 heavy (non-hydrogen) atoms. The first-order valence-electron chi connectivity index (χ1n) is 10.1. The fourth-order valence-electron chi connectivity index (χ4n) is 3.60. The molecule has 0 amide bonds. The number of fused-ring (bicyclic) bond motifs is 1. The molecule has 0 aliphatic carbocycles. The molecule has 1 aliphatic rings. The summed E-state index contributed by atoms with van der Waals surface area (Å²) in [6.45, 7) is 1.54. The average molecular weight is 467 g/mol. The van der Waals surface area contributed by atoms with Gasteiger partial charge in [0, 0.05) is 32.0 Å². The lowest BCUT2D eigenvalue weighted by Gasteiger charge is -2.34. The third-order valence-corrected chi connectivity index (χ3v) is 6.22. The van der Waals surface area contributed by atoms with Crippen molar-refractivity contribution in [3.8, 4) is 11.3 Å². The Balaban J connectivity index is 1.66. The zero-order valence-corrected chi connectivity index (χ0v) is 18.5. The molecule has 12 heteroatoms. The van der Waals surface area contributed by atoms with Gasteiger partial charge in [0.2, 0.25) is 0 Å². The van der Waals surface area contributed by atoms with Crippen LogP contribution in [0.3, 0.4) is 0 Å². The smallest absolute Gasteiger partial charge is 0.282 e. The Morgan fingerprint density at radius 2 is 2.12 bits per heavy atom. The summed E-state index contributed by atoms with van der Waals surface area (Å²) >= 11 is 0. The average Bonchev–Trinajstić information content (AvgIpc) is 3.20. The van der Waals surface area contributed by atoms with Gasteiger partial charge in [-0.05, 0) is 30.7 Å². The summed E-state index contributed by atoms with van der Waals surface area (Å²) in [4.78, 5) is 10.9. The fourth-order valence-corrected chi connectivity index (χ4v) is 4.29. The first-order valence-corrected chi connectivity index (χ1v) is 12.2. The van der Waals surface area contributed by atoms with Crippen LogP contribution in [-0.4, -0.2) is 72.9 Å². The number of nitrogens with one attached hydrogen (secondary N) is 1. The van der Waals surface area contributed by atoms with E-state index in [1.807, 2.05) is 11.0 Å². The third-order valence-electron chi connectivity index (χ3n) is 5.24. The number of pyridine rings is 1. The van der Waals surface area contributed by atoms with E-state index in [4.69, 9.17) is 4.74 Å². The number of alkyl halides is 2. The molecule has 1 atom stereocenters. The minimum absolute atomic E-state index is 0.0562. The predicted molar refractivity (Wildman–Crippen MR) is 117 cm³/mol. The number of sulfone groups is 1. The van der Waals surface area contributed by atoms with Gasteiger partial charge in [-0.2, -0.15) is 5.10 Å². The molecule has 1 fully saturated rings. The van der Waals surface area contributed by atoms with Crippen LogP contribution in [0.25, 0.3) is 16.9 Å². The number of anilines is 2. The molecule has 9 nitrogen and oxygen atoms in total. The number of nitrogens with zero attached hydrogens (tertiary/aromatic N) is 5. The molecule has 1 N–H and O–H groups in total. The van der Waals surface area contributed by atoms with Gasteiger partial charge in [0.1, 0.15) is 27.2 Å². The quantitative estimate of drug-likeness (QED) is 0.567. The second-order valence-corrected chi connectivity index (χ2v) is 9.94. The highest BCUT2D eigenvalue weighted by Crippen LogP contribution is 2.29. The van der Waals surface area contributed by atoms with Gasteiger partial charge in [0.05, 0.1) is 30.4 Å². The van der Waals surface area contributed by atoms with Crippen molar-refractivity contribution in [3.63, 3.8) is 0 Å². The molecule has 0 unspecified atom stereocenters. The van der Waals surface area contributed by atoms with Crippen molar-refractivity contribution >= 4 is 27.1 Å². The molecule has 0 saturated carbocycles. The summed E-state index contributed by atoms with van der Waals surface area (Å²) in [7, 11) is -1.34. The largest absolute Gasteiger partial charge is 0.375 e. The third kappa shape index (κ3) is 4.96. The molecule has 0 bridgehead atoms. The molecule has 3 aromatic rings. The summed E-state index contributed by atoms with van der Waals surface area (Å²) < 4.78 is 56.5. The Morgan fingerprint density at radius 3 is 2.84 bits per heavy atom. The zero-order valence-electron chi connectivity index (χ0n) is 17.7. The second kappa shape index (κ2) is 8.94. The van der Waals surface area contributed by atoms with Crippen LogP contribution in [0.5, 0.6) is 0 Å². The van der Waals surface area contributed by atoms with E-state index < -0.39 is 16.3 Å². The molecule has 0 radical (unpaired) electrons. The van der Waals surface area contributed by atoms with Crippen LogP contribution < -0.4 is 10.2 Å². The Morgan fingerprint density at radius 1 is 1.31 bits per heavy atom. The van der Waals surface area contributed by atoms with Crippen LogP contribution in [0.4, 0.5) is 20.4 Å². The summed E-state index contributed by atoms with van der Waals surface area (Å²) in [5.41, 5.74) is 1.40. The molecular weight excluding hydrogens is 442 g/mol. The normalized spacial score (nSPS) is 17.3. The molecule has 0 aromatic carbocycles. The Labute approximate surface area is 184 Å². The van der Waals surface area contributed by atoms with Gasteiger partial charge in [-0.3, -0.25) is 0 Å². The first kappa shape index (κ1) is 22.3. The van der Waals surface area contributed by atoms with Crippen LogP contribution in [-0.2, 0) is 14.6 Å². The van der Waals surface area contributed by atoms with Crippen LogP contribution in [0.15, 0.2) is 30.5 Å². The highest BCUT2D eigenvalue weighted by atomic mass is 32.2. The molecule has 0 spiro atoms. The predicted octanol–water partition coefficient (Wildman–Crippen LogP) is 2.41. The molecule has 1 aliphatic heterocycles. The van der Waals surface area contributed by atoms with E-state index in [0.717, 1.165) is 0 Å². The Hall–Kier alpha value is -2.86. The highest BCUT2D eigenvalue weighted by Gasteiger charge is 2.24. The summed E-state index contributed by atoms with van der Waals surface area (Å²) in [5, 5.41) is 7.07. The molecule has 3 aromatic heterocycles. The van der Waals surface area contributed by atoms with Gasteiger partial charge >= 0.3 is 0 Å². The molecule has 4 heterocycles. The number of hydrogen-bond acceptors (Lipinski definition) is 8. The lowest BCUT2D eigenvalue weighted by Crippen LogP contribution is -2.43. The van der Waals surface area contributed by atoms with E-state index in [-0.39, 0.29) is 17.6 Å². The van der Waals surface area contributed by atoms with Crippen LogP contribution in [0.2, 0.25) is 0 Å². The topological polar surface area (TPSA) is 102 Å². The van der Waals surface area contributed by atoms with E-state index in [1.54, 1.807) is 19.3 Å². The van der Waals surface area contributed by atoms with Crippen LogP contribution in [0, 0.1) is 0 Å². The molecule has 4 rings (SSSR count). The van der Waals surface area contributed by atoms with Gasteiger partial charge < -0.3 is 15.0 Å². The minimum atomic E-state index is -3.08. The minimum Gasteiger partial charge on any atom is -0.375 e. The van der Waals surface area contributed by atoms with Crippen molar-refractivity contribution in [2.45, 2.75) is 19.0 Å². The van der Waals surface area contributed by atoms with E-state index in [9.17, 15) is 17.2 Å². The lowest BCUT2D eigenvalue weighted by atomic mass is 10.1. The summed E-state index contributed by atoms with van der Waals surface area (Å²) in [6, 6.07) is 6.41. The number of imidazole rings is 1. The van der Waals surface area contributed by atoms with E-state index in [1.165, 1.54) is 22.9 Å². The maximum absolute atomic E-state index is 13.2. The van der Waals surface area contributed by atoms with Crippen molar-refractivity contribution in [2.75, 3.05) is 49.0 Å². The summed E-state index contributed by atoms with van der Waals surface area (Å²) in [6.07, 6.45) is 0.285. The van der Waals surface area contributed by atoms with Gasteiger partial charge in [-0.1, -0.05) is 0 Å². The monoisotopic (exact) mass is 466 g/mol. The van der Waals surface area contributed by atoms with Gasteiger partial charge in [0.25, 0.3) is 6.43 Å². The first-order chi connectivity index (χ1) is 15.2. The number of halogens is 2. The number of hydrogen-bond donors (Lipinski definition) is 1. The van der Waals surface area contributed by atoms with Crippen LogP contribution in [0.1, 0.15) is 18.5 Å². The van der Waals surface area contributed by atoms with Crippen molar-refractivity contribution in [2.24, 2.45) is 0 Å². The molecule has 172 valence electrons. The van der Waals surface area contributed by atoms with E-state index >= 15 is 0 Å². The van der Waals surface area contributed by atoms with E-state index in [0.29, 0.717) is 54.7 Å². The fraction of sp³-hybridized carbons (Fsp3) is 0.450. The van der Waals surface area contributed by atoms with Crippen molar-refractivity contribution in [1.29, 1.82) is 0 Å². The Kier molecular flexibility index (Phi) is 6.24. The van der Waals surface area contributed by atoms with Crippen molar-refractivity contribution in [3.05, 3.63) is 36.2 Å². The summed E-state index contributed by atoms with van der Waals surface area (Å²) in [5.74, 6) is 1.32. The Bertz CT molecular complexity index is 1220. The standard InChI is InChI=1S/C20H24F2N6O3S/c1-23-17-9-13(16-11-24-18-4-3-15(20(21)22)26-28(16)18)10-19(25-17)27-6-7-31-14(12-27)5-8-32(2,29)30/h3-4,9-11,14,20H,5-8,12H2,1-2H3,(H,23,25)/t14-/m1/s1. The van der Waals surface area contributed by atoms with Gasteiger partial charge in [-0.25, -0.2) is 31.7 Å². The number of rotatable bonds is 7. The van der Waals surface area contributed by atoms with Crippen molar-refractivity contribution in [1.82, 2.24) is 19.6 Å². The lowest BCUT2D eigenvalue weighted by molar-refractivity contribution is 0.0386. The van der Waals surface area contributed by atoms with Gasteiger partial charge in [-0.15, -0.1) is 0 Å². The molecular formula is C20H24F2N6O3S. The van der Waals surface area contributed by atoms with Crippen LogP contribution >= 0.6 is 0 Å². The second-order valence-electron chi connectivity index (χ2n) is 7.68. The number of aromatic nitrogens is 4. The number of morpholine rings is 1. The van der Waals surface area contributed by atoms with E-state index in [2.05, 4.69) is 20.4 Å². The zero-order chi connectivity index (χ0) is 22.9. The number of ether oxygens (including phenoxy) is 1. The van der Waals surface area contributed by atoms with Crippen molar-refractivity contribution < 1.29 is 21.9 Å². The SMILES string of the molecule is CNc1cc(-c2cnc3ccc(C(F)F)nn23)cc(N2CCO[C@H](CCS(C)(=O)=O)C2)n1. The maximum atomic E-state index is 13.2.